The molecule has 2 aromatic carbocycles. The van der Waals surface area contributed by atoms with Crippen LogP contribution in [-0.2, 0) is 9.84 Å². The number of hydrogen-bond donors (Lipinski definition) is 4. The van der Waals surface area contributed by atoms with Crippen molar-refractivity contribution in [3.63, 3.8) is 0 Å². The van der Waals surface area contributed by atoms with E-state index in [0.717, 1.165) is 11.3 Å². The molecule has 0 unspecified atom stereocenters. The number of aliphatic hydroxyl groups excluding tert-OH is 2. The predicted octanol–water partition coefficient (Wildman–Crippen LogP) is 3.62. The van der Waals surface area contributed by atoms with Crippen molar-refractivity contribution in [1.29, 1.82) is 0 Å². The van der Waals surface area contributed by atoms with Gasteiger partial charge in [0.15, 0.2) is 9.84 Å². The molecular formula is C22H29ClN4O5S3. The number of aliphatic hydroxyl groups is 2. The van der Waals surface area contributed by atoms with E-state index in [2.05, 4.69) is 53.3 Å². The van der Waals surface area contributed by atoms with Crippen LogP contribution in [0.4, 0.5) is 0 Å². The number of sulfone groups is 1. The molecule has 0 bridgehead atoms. The fourth-order valence-electron chi connectivity index (χ4n) is 2.28. The quantitative estimate of drug-likeness (QED) is 0.275. The standard InChI is InChI=1S/C16H13ClN2O2S.C3H4.2CH3NOS.CH4.H2O/c1-22(20,21)16-5-3-2-4-15(16)19-14(10-11-18-19)12-6-8-13(17)9-7-12;1-3-2;2*2-1(3)4;;/h2-11H,1H3;1H,2H3;2*(H3,2,3,4);1H4;1H2. The maximum atomic E-state index is 12.0. The van der Waals surface area contributed by atoms with Crippen LogP contribution in [0.2, 0.25) is 5.02 Å². The number of thiocarbonyl (C=S) groups is 2. The van der Waals surface area contributed by atoms with Crippen LogP contribution in [0.5, 0.6) is 0 Å². The van der Waals surface area contributed by atoms with Gasteiger partial charge in [-0.15, -0.1) is 12.3 Å². The van der Waals surface area contributed by atoms with Crippen LogP contribution in [-0.4, -0.2) is 50.5 Å². The highest BCUT2D eigenvalue weighted by molar-refractivity contribution is 7.90. The first kappa shape index (κ1) is 36.4. The highest BCUT2D eigenvalue weighted by Gasteiger charge is 2.17. The number of nitrogens with two attached hydrogens (primary N) is 2. The molecule has 1 aromatic heterocycles. The van der Waals surface area contributed by atoms with Crippen LogP contribution in [0.1, 0.15) is 14.4 Å². The lowest BCUT2D eigenvalue weighted by molar-refractivity contribution is 0.559. The summed E-state index contributed by atoms with van der Waals surface area (Å²) in [7, 11) is -3.35. The van der Waals surface area contributed by atoms with Crippen molar-refractivity contribution in [1.82, 2.24) is 9.78 Å². The lowest BCUT2D eigenvalue weighted by Crippen LogP contribution is -2.07. The Morgan fingerprint density at radius 3 is 1.91 bits per heavy atom. The summed E-state index contributed by atoms with van der Waals surface area (Å²) >= 11 is 13.7. The van der Waals surface area contributed by atoms with Crippen molar-refractivity contribution in [2.24, 2.45) is 11.5 Å². The number of nitrogens with zero attached hydrogens (tertiary/aromatic N) is 2. The van der Waals surface area contributed by atoms with Gasteiger partial charge < -0.3 is 27.2 Å². The highest BCUT2D eigenvalue weighted by atomic mass is 35.5. The zero-order valence-corrected chi connectivity index (χ0v) is 21.4. The predicted molar refractivity (Wildman–Crippen MR) is 151 cm³/mol. The van der Waals surface area contributed by atoms with Gasteiger partial charge in [-0.1, -0.05) is 43.3 Å². The van der Waals surface area contributed by atoms with Crippen LogP contribution >= 0.6 is 36.0 Å². The van der Waals surface area contributed by atoms with Gasteiger partial charge in [0.25, 0.3) is 10.3 Å². The van der Waals surface area contributed by atoms with Gasteiger partial charge in [0.2, 0.25) is 0 Å². The normalized spacial score (nSPS) is 8.86. The van der Waals surface area contributed by atoms with E-state index in [1.165, 1.54) is 6.26 Å². The third kappa shape index (κ3) is 14.6. The Balaban J connectivity index is -0.000000673. The molecule has 0 aliphatic carbocycles. The minimum Gasteiger partial charge on any atom is -0.487 e. The summed E-state index contributed by atoms with van der Waals surface area (Å²) in [5, 5.41) is 19.1. The molecule has 9 nitrogen and oxygen atoms in total. The largest absolute Gasteiger partial charge is 0.487 e. The van der Waals surface area contributed by atoms with Crippen molar-refractivity contribution < 1.29 is 24.1 Å². The summed E-state index contributed by atoms with van der Waals surface area (Å²) < 4.78 is 25.6. The van der Waals surface area contributed by atoms with Crippen molar-refractivity contribution in [2.45, 2.75) is 19.2 Å². The second-order valence-electron chi connectivity index (χ2n) is 5.84. The molecule has 0 radical (unpaired) electrons. The van der Waals surface area contributed by atoms with E-state index >= 15 is 0 Å². The van der Waals surface area contributed by atoms with Gasteiger partial charge in [-0.3, -0.25) is 0 Å². The fraction of sp³-hybridized carbons (Fsp3) is 0.136. The molecule has 0 spiro atoms. The first-order chi connectivity index (χ1) is 15.3. The molecule has 3 aromatic rings. The van der Waals surface area contributed by atoms with Gasteiger partial charge in [0, 0.05) is 16.8 Å². The van der Waals surface area contributed by atoms with Crippen LogP contribution in [0.3, 0.4) is 0 Å². The third-order valence-electron chi connectivity index (χ3n) is 3.28. The summed E-state index contributed by atoms with van der Waals surface area (Å²) in [4.78, 5) is 0.244. The van der Waals surface area contributed by atoms with E-state index in [-0.39, 0.29) is 17.8 Å². The minimum absolute atomic E-state index is 0. The molecule has 1 heterocycles. The third-order valence-corrected chi connectivity index (χ3v) is 4.67. The van der Waals surface area contributed by atoms with E-state index in [1.807, 2.05) is 18.2 Å². The van der Waals surface area contributed by atoms with E-state index in [0.29, 0.717) is 10.7 Å². The zero-order valence-electron chi connectivity index (χ0n) is 18.2. The first-order valence-electron chi connectivity index (χ1n) is 8.78. The molecule has 0 saturated carbocycles. The number of hydrogen-bond acceptors (Lipinski definition) is 5. The van der Waals surface area contributed by atoms with E-state index < -0.39 is 20.2 Å². The van der Waals surface area contributed by atoms with E-state index in [9.17, 15) is 8.42 Å². The minimum atomic E-state index is -3.35. The number of aromatic nitrogens is 2. The first-order valence-corrected chi connectivity index (χ1v) is 11.9. The topological polar surface area (TPSA) is 176 Å². The van der Waals surface area contributed by atoms with Gasteiger partial charge in [-0.2, -0.15) is 5.10 Å². The smallest absolute Gasteiger partial charge is 0.251 e. The van der Waals surface area contributed by atoms with Gasteiger partial charge in [-0.25, -0.2) is 13.1 Å². The summed E-state index contributed by atoms with van der Waals surface area (Å²) in [5.74, 6) is 2.25. The van der Waals surface area contributed by atoms with Crippen molar-refractivity contribution in [3.05, 3.63) is 65.8 Å². The van der Waals surface area contributed by atoms with E-state index in [1.54, 1.807) is 54.2 Å². The maximum absolute atomic E-state index is 12.0. The second-order valence-corrected chi connectivity index (χ2v) is 9.10. The van der Waals surface area contributed by atoms with Crippen molar-refractivity contribution in [3.8, 4) is 29.3 Å². The summed E-state index contributed by atoms with van der Waals surface area (Å²) in [6.07, 6.45) is 7.43. The molecule has 35 heavy (non-hydrogen) atoms. The van der Waals surface area contributed by atoms with Crippen LogP contribution in [0.15, 0.2) is 65.7 Å². The summed E-state index contributed by atoms with van der Waals surface area (Å²) in [5.41, 5.74) is 11.0. The molecule has 0 saturated heterocycles. The monoisotopic (exact) mass is 560 g/mol. The van der Waals surface area contributed by atoms with Crippen LogP contribution in [0, 0.1) is 12.3 Å². The van der Waals surface area contributed by atoms with Gasteiger partial charge in [-0.05, 0) is 61.7 Å². The molecule has 8 N–H and O–H groups in total. The molecule has 192 valence electrons. The fourth-order valence-corrected chi connectivity index (χ4v) is 3.27. The summed E-state index contributed by atoms with van der Waals surface area (Å²) in [6.45, 7) is 1.65. The average molecular weight is 561 g/mol. The molecule has 0 aliphatic heterocycles. The molecular weight excluding hydrogens is 532 g/mol. The zero-order chi connectivity index (χ0) is 25.6. The Labute approximate surface area is 221 Å². The number of halogens is 1. The lowest BCUT2D eigenvalue weighted by Gasteiger charge is -2.11. The average Bonchev–Trinajstić information content (AvgIpc) is 3.17. The Morgan fingerprint density at radius 1 is 1.06 bits per heavy atom. The van der Waals surface area contributed by atoms with Crippen molar-refractivity contribution in [2.75, 3.05) is 6.26 Å². The van der Waals surface area contributed by atoms with Gasteiger partial charge in [0.05, 0.1) is 22.5 Å². The maximum Gasteiger partial charge on any atom is 0.251 e. The number of terminal acetylenes is 1. The molecule has 0 amide bonds. The Kier molecular flexibility index (Phi) is 18.9. The Bertz CT molecular complexity index is 1190. The molecule has 3 rings (SSSR count). The molecule has 0 atom stereocenters. The molecule has 0 aliphatic rings. The molecule has 13 heteroatoms. The SMILES string of the molecule is C.C#CC.CS(=O)(=O)c1ccccc1-n1nccc1-c1ccc(Cl)cc1.NC(O)=S.NC(O)=S.O. The molecule has 0 fully saturated rings. The number of para-hydroxylation sites is 1. The highest BCUT2D eigenvalue weighted by Crippen LogP contribution is 2.27. The second kappa shape index (κ2) is 18.2. The Morgan fingerprint density at radius 2 is 1.49 bits per heavy atom. The van der Waals surface area contributed by atoms with Crippen LogP contribution in [0.25, 0.3) is 16.9 Å². The lowest BCUT2D eigenvalue weighted by atomic mass is 10.1. The number of benzene rings is 2. The Hall–Kier alpha value is -3.21. The van der Waals surface area contributed by atoms with Crippen molar-refractivity contribution >= 4 is 56.2 Å². The summed E-state index contributed by atoms with van der Waals surface area (Å²) in [6, 6.07) is 16.0. The van der Waals surface area contributed by atoms with Crippen LogP contribution < -0.4 is 11.5 Å². The van der Waals surface area contributed by atoms with Gasteiger partial charge >= 0.3 is 0 Å². The van der Waals surface area contributed by atoms with E-state index in [4.69, 9.17) is 21.8 Å². The van der Waals surface area contributed by atoms with Gasteiger partial charge in [0.1, 0.15) is 0 Å². The number of rotatable bonds is 3.